The Morgan fingerprint density at radius 2 is 1.94 bits per heavy atom. The summed E-state index contributed by atoms with van der Waals surface area (Å²) in [6, 6.07) is 0. The highest BCUT2D eigenvalue weighted by Crippen LogP contribution is 2.13. The molecule has 0 rings (SSSR count). The number of ether oxygens (including phenoxy) is 1. The molecule has 0 aliphatic carbocycles. The van der Waals surface area contributed by atoms with Gasteiger partial charge in [-0.15, -0.1) is 11.8 Å². The van der Waals surface area contributed by atoms with Crippen molar-refractivity contribution in [1.29, 1.82) is 0 Å². The molecule has 0 aliphatic heterocycles. The Kier molecular flexibility index (Phi) is 9.83. The van der Waals surface area contributed by atoms with E-state index in [9.17, 15) is 4.79 Å². The van der Waals surface area contributed by atoms with Crippen LogP contribution in [0.4, 0.5) is 0 Å². The van der Waals surface area contributed by atoms with Crippen molar-refractivity contribution in [3.8, 4) is 0 Å². The number of hydrogen-bond donors (Lipinski definition) is 1. The number of carboxylic acids is 1. The summed E-state index contributed by atoms with van der Waals surface area (Å²) in [7, 11) is 0. The van der Waals surface area contributed by atoms with Crippen LogP contribution in [0.5, 0.6) is 0 Å². The summed E-state index contributed by atoms with van der Waals surface area (Å²) in [6.07, 6.45) is 4.82. The first-order valence-electron chi connectivity index (χ1n) is 5.97. The van der Waals surface area contributed by atoms with Crippen molar-refractivity contribution >= 4 is 17.7 Å². The fourth-order valence-electron chi connectivity index (χ4n) is 1.32. The maximum Gasteiger partial charge on any atom is 0.313 e. The third-order valence-electron chi connectivity index (χ3n) is 2.22. The average Bonchev–Trinajstić information content (AvgIpc) is 2.19. The van der Waals surface area contributed by atoms with Gasteiger partial charge in [0.25, 0.3) is 0 Å². The summed E-state index contributed by atoms with van der Waals surface area (Å²) in [5.74, 6) is 0.123. The molecule has 1 unspecified atom stereocenters. The summed E-state index contributed by atoms with van der Waals surface area (Å²) in [5, 5.41) is 8.48. The first-order chi connectivity index (χ1) is 7.52. The Hall–Kier alpha value is -0.220. The minimum absolute atomic E-state index is 0.0128. The molecular weight excluding hydrogens is 224 g/mol. The molecular formula is C12H24O3S. The van der Waals surface area contributed by atoms with E-state index in [2.05, 4.69) is 13.8 Å². The van der Waals surface area contributed by atoms with E-state index in [4.69, 9.17) is 9.84 Å². The number of hydrogen-bond acceptors (Lipinski definition) is 3. The molecule has 0 spiro atoms. The summed E-state index contributed by atoms with van der Waals surface area (Å²) >= 11 is 1.33. The zero-order chi connectivity index (χ0) is 12.4. The van der Waals surface area contributed by atoms with Gasteiger partial charge in [-0.2, -0.15) is 0 Å². The van der Waals surface area contributed by atoms with Crippen LogP contribution in [0, 0.1) is 5.92 Å². The Balaban J connectivity index is 3.21. The second kappa shape index (κ2) is 9.97. The lowest BCUT2D eigenvalue weighted by atomic mass is 10.1. The second-order valence-corrected chi connectivity index (χ2v) is 5.67. The van der Waals surface area contributed by atoms with E-state index < -0.39 is 5.97 Å². The molecule has 0 radical (unpaired) electrons. The third-order valence-corrected chi connectivity index (χ3v) is 3.24. The topological polar surface area (TPSA) is 46.5 Å². The van der Waals surface area contributed by atoms with Crippen LogP contribution in [-0.4, -0.2) is 28.9 Å². The highest BCUT2D eigenvalue weighted by molar-refractivity contribution is 8.00. The summed E-state index contributed by atoms with van der Waals surface area (Å²) in [5.41, 5.74) is -0.0128. The Morgan fingerprint density at radius 3 is 2.50 bits per heavy atom. The molecule has 0 aromatic heterocycles. The highest BCUT2D eigenvalue weighted by Gasteiger charge is 2.05. The number of rotatable bonds is 10. The van der Waals surface area contributed by atoms with Gasteiger partial charge in [0.1, 0.15) is 5.44 Å². The molecule has 1 N–H and O–H groups in total. The van der Waals surface area contributed by atoms with E-state index in [1.54, 1.807) is 0 Å². The maximum absolute atomic E-state index is 10.3. The van der Waals surface area contributed by atoms with Crippen molar-refractivity contribution in [2.75, 3.05) is 12.4 Å². The largest absolute Gasteiger partial charge is 0.481 e. The van der Waals surface area contributed by atoms with Crippen LogP contribution in [0.25, 0.3) is 0 Å². The number of carboxylic acid groups (broad SMARTS) is 1. The quantitative estimate of drug-likeness (QED) is 0.475. The van der Waals surface area contributed by atoms with Gasteiger partial charge in [-0.05, 0) is 19.3 Å². The lowest BCUT2D eigenvalue weighted by molar-refractivity contribution is -0.133. The Bertz CT molecular complexity index is 183. The molecule has 0 aromatic rings. The van der Waals surface area contributed by atoms with Gasteiger partial charge in [-0.1, -0.05) is 33.1 Å². The van der Waals surface area contributed by atoms with E-state index in [-0.39, 0.29) is 11.2 Å². The predicted octanol–water partition coefficient (Wildman–Crippen LogP) is 3.38. The molecule has 16 heavy (non-hydrogen) atoms. The summed E-state index contributed by atoms with van der Waals surface area (Å²) < 4.78 is 5.50. The summed E-state index contributed by atoms with van der Waals surface area (Å²) in [4.78, 5) is 10.3. The van der Waals surface area contributed by atoms with E-state index in [0.717, 1.165) is 18.9 Å². The molecule has 0 bridgehead atoms. The first-order valence-corrected chi connectivity index (χ1v) is 7.02. The predicted molar refractivity (Wildman–Crippen MR) is 68.8 cm³/mol. The number of thioether (sulfide) groups is 1. The van der Waals surface area contributed by atoms with Gasteiger partial charge < -0.3 is 9.84 Å². The molecule has 0 heterocycles. The Morgan fingerprint density at radius 1 is 1.25 bits per heavy atom. The minimum atomic E-state index is -0.780. The van der Waals surface area contributed by atoms with Crippen molar-refractivity contribution in [1.82, 2.24) is 0 Å². The number of unbranched alkanes of at least 4 members (excludes halogenated alkanes) is 2. The van der Waals surface area contributed by atoms with Crippen molar-refractivity contribution in [2.45, 2.75) is 51.9 Å². The number of aliphatic carboxylic acids is 1. The monoisotopic (exact) mass is 248 g/mol. The van der Waals surface area contributed by atoms with Gasteiger partial charge in [-0.3, -0.25) is 4.79 Å². The van der Waals surface area contributed by atoms with Crippen molar-refractivity contribution in [3.63, 3.8) is 0 Å². The van der Waals surface area contributed by atoms with Crippen LogP contribution in [-0.2, 0) is 9.53 Å². The van der Waals surface area contributed by atoms with E-state index in [0.29, 0.717) is 0 Å². The fourth-order valence-corrected chi connectivity index (χ4v) is 1.89. The first kappa shape index (κ1) is 15.8. The molecule has 0 fully saturated rings. The third kappa shape index (κ3) is 11.9. The minimum Gasteiger partial charge on any atom is -0.481 e. The smallest absolute Gasteiger partial charge is 0.313 e. The molecule has 0 saturated heterocycles. The van der Waals surface area contributed by atoms with Crippen molar-refractivity contribution in [2.24, 2.45) is 5.92 Å². The van der Waals surface area contributed by atoms with E-state index in [1.807, 2.05) is 6.92 Å². The van der Waals surface area contributed by atoms with Gasteiger partial charge in [-0.25, -0.2) is 0 Å². The lowest BCUT2D eigenvalue weighted by Crippen LogP contribution is -2.09. The van der Waals surface area contributed by atoms with Crippen LogP contribution in [0.1, 0.15) is 46.5 Å². The van der Waals surface area contributed by atoms with Crippen LogP contribution in [0.2, 0.25) is 0 Å². The molecule has 1 atom stereocenters. The van der Waals surface area contributed by atoms with Crippen LogP contribution < -0.4 is 0 Å². The molecule has 96 valence electrons. The zero-order valence-electron chi connectivity index (χ0n) is 10.6. The maximum atomic E-state index is 10.3. The van der Waals surface area contributed by atoms with Gasteiger partial charge in [0.15, 0.2) is 0 Å². The fraction of sp³-hybridized carbons (Fsp3) is 0.917. The second-order valence-electron chi connectivity index (χ2n) is 4.39. The van der Waals surface area contributed by atoms with Crippen LogP contribution >= 0.6 is 11.8 Å². The average molecular weight is 248 g/mol. The van der Waals surface area contributed by atoms with Crippen LogP contribution in [0.3, 0.4) is 0 Å². The van der Waals surface area contributed by atoms with E-state index >= 15 is 0 Å². The Labute approximate surface area is 103 Å². The van der Waals surface area contributed by atoms with Crippen molar-refractivity contribution < 1.29 is 14.6 Å². The SMILES string of the molecule is CC(C)CCCCCOC(C)SCC(=O)O. The molecule has 0 amide bonds. The number of carbonyl (C=O) groups is 1. The molecule has 0 aliphatic rings. The van der Waals surface area contributed by atoms with Gasteiger partial charge in [0.05, 0.1) is 5.75 Å². The van der Waals surface area contributed by atoms with Crippen LogP contribution in [0.15, 0.2) is 0 Å². The van der Waals surface area contributed by atoms with E-state index in [1.165, 1.54) is 31.0 Å². The standard InChI is InChI=1S/C12H24O3S/c1-10(2)7-5-4-6-8-15-11(3)16-9-12(13)14/h10-11H,4-9H2,1-3H3,(H,13,14). The van der Waals surface area contributed by atoms with Gasteiger partial charge >= 0.3 is 5.97 Å². The van der Waals surface area contributed by atoms with Gasteiger partial charge in [0, 0.05) is 6.61 Å². The molecule has 3 nitrogen and oxygen atoms in total. The van der Waals surface area contributed by atoms with Gasteiger partial charge in [0.2, 0.25) is 0 Å². The molecule has 0 saturated carbocycles. The molecule has 4 heteroatoms. The van der Waals surface area contributed by atoms with Crippen molar-refractivity contribution in [3.05, 3.63) is 0 Å². The lowest BCUT2D eigenvalue weighted by Gasteiger charge is -2.11. The summed E-state index contributed by atoms with van der Waals surface area (Å²) in [6.45, 7) is 7.12. The zero-order valence-corrected chi connectivity index (χ0v) is 11.4. The highest BCUT2D eigenvalue weighted by atomic mass is 32.2. The molecule has 0 aromatic carbocycles. The normalized spacial score (nSPS) is 13.0.